The first-order valence-corrected chi connectivity index (χ1v) is 7.35. The average molecular weight is 277 g/mol. The molecular formula is C17H24FNO. The van der Waals surface area contributed by atoms with Gasteiger partial charge in [-0.2, -0.15) is 0 Å². The SMILES string of the molecule is CCNC(C1=COCCC1)C(C)(C)c1ccc(F)cc1. The van der Waals surface area contributed by atoms with Crippen LogP contribution < -0.4 is 5.32 Å². The molecule has 0 bridgehead atoms. The van der Waals surface area contributed by atoms with Crippen LogP contribution in [0, 0.1) is 5.82 Å². The van der Waals surface area contributed by atoms with E-state index in [0.717, 1.165) is 31.6 Å². The van der Waals surface area contributed by atoms with Crippen LogP contribution in [-0.2, 0) is 10.2 Å². The molecule has 3 heteroatoms. The third kappa shape index (κ3) is 3.21. The number of hydrogen-bond acceptors (Lipinski definition) is 2. The minimum absolute atomic E-state index is 0.115. The van der Waals surface area contributed by atoms with Crippen LogP contribution in [-0.4, -0.2) is 19.2 Å². The number of rotatable bonds is 5. The van der Waals surface area contributed by atoms with Crippen molar-refractivity contribution in [3.63, 3.8) is 0 Å². The minimum Gasteiger partial charge on any atom is -0.501 e. The fourth-order valence-corrected chi connectivity index (χ4v) is 2.90. The second kappa shape index (κ2) is 6.40. The summed E-state index contributed by atoms with van der Waals surface area (Å²) in [4.78, 5) is 0. The van der Waals surface area contributed by atoms with E-state index in [2.05, 4.69) is 26.1 Å². The molecular weight excluding hydrogens is 253 g/mol. The average Bonchev–Trinajstić information content (AvgIpc) is 2.46. The Labute approximate surface area is 121 Å². The molecule has 110 valence electrons. The topological polar surface area (TPSA) is 21.3 Å². The summed E-state index contributed by atoms with van der Waals surface area (Å²) >= 11 is 0. The molecule has 2 nitrogen and oxygen atoms in total. The molecule has 0 amide bonds. The number of benzene rings is 1. The monoisotopic (exact) mass is 277 g/mol. The minimum atomic E-state index is -0.190. The highest BCUT2D eigenvalue weighted by molar-refractivity contribution is 5.31. The van der Waals surface area contributed by atoms with Gasteiger partial charge in [-0.15, -0.1) is 0 Å². The van der Waals surface area contributed by atoms with Gasteiger partial charge in [0.05, 0.1) is 12.9 Å². The number of likely N-dealkylation sites (N-methyl/N-ethyl adjacent to an activating group) is 1. The van der Waals surface area contributed by atoms with E-state index >= 15 is 0 Å². The van der Waals surface area contributed by atoms with Gasteiger partial charge in [0.25, 0.3) is 0 Å². The molecule has 0 aromatic heterocycles. The van der Waals surface area contributed by atoms with E-state index in [1.165, 1.54) is 17.7 Å². The van der Waals surface area contributed by atoms with Gasteiger partial charge in [-0.25, -0.2) is 4.39 Å². The van der Waals surface area contributed by atoms with E-state index in [1.807, 2.05) is 18.4 Å². The molecule has 1 heterocycles. The van der Waals surface area contributed by atoms with Gasteiger partial charge in [-0.05, 0) is 42.7 Å². The Balaban J connectivity index is 2.30. The van der Waals surface area contributed by atoms with Gasteiger partial charge in [0, 0.05) is 11.5 Å². The Bertz CT molecular complexity index is 464. The van der Waals surface area contributed by atoms with Gasteiger partial charge < -0.3 is 10.1 Å². The summed E-state index contributed by atoms with van der Waals surface area (Å²) in [6.07, 6.45) is 4.03. The zero-order chi connectivity index (χ0) is 14.6. The maximum atomic E-state index is 13.1. The molecule has 0 radical (unpaired) electrons. The molecule has 0 spiro atoms. The number of halogens is 1. The second-order valence-electron chi connectivity index (χ2n) is 5.89. The summed E-state index contributed by atoms with van der Waals surface area (Å²) in [6.45, 7) is 8.20. The quantitative estimate of drug-likeness (QED) is 0.884. The summed E-state index contributed by atoms with van der Waals surface area (Å²) in [7, 11) is 0. The Kier molecular flexibility index (Phi) is 4.81. The van der Waals surface area contributed by atoms with Crippen molar-refractivity contribution in [3.05, 3.63) is 47.5 Å². The summed E-state index contributed by atoms with van der Waals surface area (Å²) in [5.41, 5.74) is 2.32. The van der Waals surface area contributed by atoms with Gasteiger partial charge >= 0.3 is 0 Å². The van der Waals surface area contributed by atoms with Gasteiger partial charge in [-0.3, -0.25) is 0 Å². The van der Waals surface area contributed by atoms with Crippen LogP contribution in [0.25, 0.3) is 0 Å². The molecule has 1 atom stereocenters. The fourth-order valence-electron chi connectivity index (χ4n) is 2.90. The molecule has 1 aliphatic rings. The van der Waals surface area contributed by atoms with E-state index in [9.17, 15) is 4.39 Å². The van der Waals surface area contributed by atoms with Crippen molar-refractivity contribution in [3.8, 4) is 0 Å². The number of ether oxygens (including phenoxy) is 1. The Morgan fingerprint density at radius 1 is 1.30 bits per heavy atom. The maximum absolute atomic E-state index is 13.1. The predicted octanol–water partition coefficient (Wildman–Crippen LogP) is 3.78. The summed E-state index contributed by atoms with van der Waals surface area (Å²) in [6, 6.07) is 7.03. The van der Waals surface area contributed by atoms with Crippen molar-refractivity contribution in [1.29, 1.82) is 0 Å². The van der Waals surface area contributed by atoms with Crippen LogP contribution in [0.15, 0.2) is 36.1 Å². The Morgan fingerprint density at radius 2 is 2.00 bits per heavy atom. The van der Waals surface area contributed by atoms with Crippen LogP contribution in [0.5, 0.6) is 0 Å². The number of hydrogen-bond donors (Lipinski definition) is 1. The van der Waals surface area contributed by atoms with Crippen LogP contribution >= 0.6 is 0 Å². The van der Waals surface area contributed by atoms with Crippen molar-refractivity contribution in [2.75, 3.05) is 13.2 Å². The highest BCUT2D eigenvalue weighted by atomic mass is 19.1. The summed E-state index contributed by atoms with van der Waals surface area (Å²) < 4.78 is 18.6. The molecule has 2 rings (SSSR count). The fraction of sp³-hybridized carbons (Fsp3) is 0.529. The van der Waals surface area contributed by atoms with Gasteiger partial charge in [-0.1, -0.05) is 32.9 Å². The largest absolute Gasteiger partial charge is 0.501 e. The normalized spacial score (nSPS) is 17.3. The molecule has 1 unspecified atom stereocenters. The second-order valence-corrected chi connectivity index (χ2v) is 5.89. The van der Waals surface area contributed by atoms with Crippen molar-refractivity contribution in [2.24, 2.45) is 0 Å². The molecule has 0 saturated carbocycles. The number of nitrogens with one attached hydrogen (secondary N) is 1. The first-order valence-electron chi connectivity index (χ1n) is 7.35. The van der Waals surface area contributed by atoms with E-state index < -0.39 is 0 Å². The van der Waals surface area contributed by atoms with Crippen molar-refractivity contribution in [1.82, 2.24) is 5.32 Å². The Morgan fingerprint density at radius 3 is 2.55 bits per heavy atom. The molecule has 0 aliphatic carbocycles. The van der Waals surface area contributed by atoms with Gasteiger partial charge in [0.15, 0.2) is 0 Å². The highest BCUT2D eigenvalue weighted by Crippen LogP contribution is 2.33. The Hall–Kier alpha value is -1.35. The molecule has 0 fully saturated rings. The third-order valence-corrected chi connectivity index (χ3v) is 4.05. The smallest absolute Gasteiger partial charge is 0.123 e. The highest BCUT2D eigenvalue weighted by Gasteiger charge is 2.34. The molecule has 1 aromatic rings. The van der Waals surface area contributed by atoms with E-state index in [1.54, 1.807) is 0 Å². The molecule has 1 aliphatic heterocycles. The lowest BCUT2D eigenvalue weighted by Crippen LogP contribution is -2.46. The van der Waals surface area contributed by atoms with Crippen LogP contribution in [0.4, 0.5) is 4.39 Å². The molecule has 1 aromatic carbocycles. The van der Waals surface area contributed by atoms with Crippen LogP contribution in [0.1, 0.15) is 39.2 Å². The summed E-state index contributed by atoms with van der Waals surface area (Å²) in [5, 5.41) is 3.56. The van der Waals surface area contributed by atoms with Gasteiger partial charge in [0.1, 0.15) is 5.82 Å². The molecule has 1 N–H and O–H groups in total. The third-order valence-electron chi connectivity index (χ3n) is 4.05. The zero-order valence-electron chi connectivity index (χ0n) is 12.6. The van der Waals surface area contributed by atoms with Crippen LogP contribution in [0.2, 0.25) is 0 Å². The van der Waals surface area contributed by atoms with E-state index in [0.29, 0.717) is 0 Å². The lowest BCUT2D eigenvalue weighted by molar-refractivity contribution is 0.212. The first-order chi connectivity index (χ1) is 9.55. The standard InChI is InChI=1S/C17H24FNO/c1-4-19-16(13-6-5-11-20-12-13)17(2,3)14-7-9-15(18)10-8-14/h7-10,12,16,19H,4-6,11H2,1-3H3. The summed E-state index contributed by atoms with van der Waals surface area (Å²) in [5.74, 6) is -0.190. The maximum Gasteiger partial charge on any atom is 0.123 e. The van der Waals surface area contributed by atoms with Crippen molar-refractivity contribution >= 4 is 0 Å². The van der Waals surface area contributed by atoms with E-state index in [4.69, 9.17) is 4.74 Å². The van der Waals surface area contributed by atoms with Crippen LogP contribution in [0.3, 0.4) is 0 Å². The lowest BCUT2D eigenvalue weighted by atomic mass is 9.74. The molecule has 20 heavy (non-hydrogen) atoms. The van der Waals surface area contributed by atoms with E-state index in [-0.39, 0.29) is 17.3 Å². The lowest BCUT2D eigenvalue weighted by Gasteiger charge is -2.38. The van der Waals surface area contributed by atoms with Crippen molar-refractivity contribution in [2.45, 2.75) is 45.1 Å². The molecule has 0 saturated heterocycles. The van der Waals surface area contributed by atoms with Gasteiger partial charge in [0.2, 0.25) is 0 Å². The predicted molar refractivity (Wildman–Crippen MR) is 80.2 cm³/mol. The zero-order valence-corrected chi connectivity index (χ0v) is 12.6. The first kappa shape index (κ1) is 15.0. The van der Waals surface area contributed by atoms with Crippen molar-refractivity contribution < 1.29 is 9.13 Å².